The van der Waals surface area contributed by atoms with Gasteiger partial charge < -0.3 is 29.6 Å². The molecule has 16 rings (SSSR count). The highest BCUT2D eigenvalue weighted by molar-refractivity contribution is 9.10. The molecule has 2 N–H and O–H groups in total. The maximum atomic E-state index is 10.7. The smallest absolute Gasteiger partial charge is 0.423 e. The summed E-state index contributed by atoms with van der Waals surface area (Å²) in [5.41, 5.74) is 27.4. The van der Waals surface area contributed by atoms with Crippen LogP contribution in [0.3, 0.4) is 0 Å². The van der Waals surface area contributed by atoms with Crippen molar-refractivity contribution in [2.24, 2.45) is 0 Å². The van der Waals surface area contributed by atoms with Crippen molar-refractivity contribution in [1.82, 2.24) is 0 Å². The molecule has 0 unspecified atom stereocenters. The summed E-state index contributed by atoms with van der Waals surface area (Å²) in [6.07, 6.45) is 0. The van der Waals surface area contributed by atoms with Gasteiger partial charge in [0, 0.05) is 72.7 Å². The van der Waals surface area contributed by atoms with Crippen LogP contribution < -0.4 is 25.1 Å². The molecular weight excluding hydrogens is 1330 g/mol. The van der Waals surface area contributed by atoms with Crippen molar-refractivity contribution in [3.63, 3.8) is 0 Å². The summed E-state index contributed by atoms with van der Waals surface area (Å²) >= 11 is 3.99. The molecule has 6 nitrogen and oxygen atoms in total. The second-order valence-electron chi connectivity index (χ2n) is 27.5. The summed E-state index contributed by atoms with van der Waals surface area (Å²) in [6, 6.07) is 118. The summed E-state index contributed by atoms with van der Waals surface area (Å²) in [4.78, 5) is 9.42. The fraction of sp³-hybridized carbons (Fsp3) is 0.0833. The normalized spacial score (nSPS) is 11.2. The number of nitrogens with zero attached hydrogens (tertiary/aromatic N) is 4. The quantitative estimate of drug-likeness (QED) is 0.0788. The maximum absolute atomic E-state index is 10.7. The monoisotopic (exact) mass is 1410 g/mol. The Morgan fingerprint density at radius 2 is 0.385 bits per heavy atom. The van der Waals surface area contributed by atoms with Crippen LogP contribution in [-0.2, 0) is 0 Å². The molecule has 0 saturated heterocycles. The summed E-state index contributed by atoms with van der Waals surface area (Å²) in [7, 11) is -1.63. The van der Waals surface area contributed by atoms with Crippen LogP contribution >= 0.6 is 15.9 Å². The van der Waals surface area contributed by atoms with Gasteiger partial charge in [-0.15, -0.1) is 0 Å². The summed E-state index contributed by atoms with van der Waals surface area (Å²) < 4.78 is 1.12. The molecule has 0 aromatic heterocycles. The number of aryl methyl sites for hydroxylation is 8. The van der Waals surface area contributed by atoms with E-state index in [1.54, 1.807) is 0 Å². The van der Waals surface area contributed by atoms with Crippen LogP contribution in [0, 0.1) is 55.4 Å². The largest absolute Gasteiger partial charge is 0.489 e. The average molecular weight is 1410 g/mol. The zero-order chi connectivity index (χ0) is 71.7. The highest BCUT2D eigenvalue weighted by atomic mass is 79.9. The van der Waals surface area contributed by atoms with Gasteiger partial charge >= 0.3 is 7.12 Å². The van der Waals surface area contributed by atoms with Gasteiger partial charge in [0.15, 0.2) is 0 Å². The molecule has 0 aliphatic heterocycles. The third-order valence-corrected chi connectivity index (χ3v) is 20.7. The number of hydrogen-bond donors (Lipinski definition) is 2. The minimum Gasteiger partial charge on any atom is -0.423 e. The Labute approximate surface area is 619 Å². The van der Waals surface area contributed by atoms with E-state index in [1.807, 2.05) is 36.4 Å². The van der Waals surface area contributed by atoms with E-state index >= 15 is 0 Å². The average Bonchev–Trinajstić information content (AvgIpc) is 0.738. The Kier molecular flexibility index (Phi) is 19.2. The van der Waals surface area contributed by atoms with Gasteiger partial charge in [-0.1, -0.05) is 239 Å². The van der Waals surface area contributed by atoms with Crippen LogP contribution in [0.4, 0.5) is 68.2 Å². The van der Waals surface area contributed by atoms with Gasteiger partial charge in [0.05, 0.1) is 0 Å². The molecule has 16 aromatic carbocycles. The minimum atomic E-state index is -1.63. The minimum absolute atomic E-state index is 0.512. The Morgan fingerprint density at radius 3 is 0.577 bits per heavy atom. The second-order valence-corrected chi connectivity index (χ2v) is 28.3. The number of anilines is 12. The highest BCUT2D eigenvalue weighted by Crippen LogP contribution is 2.50. The number of halogens is 1. The topological polar surface area (TPSA) is 53.4 Å². The van der Waals surface area contributed by atoms with Gasteiger partial charge in [-0.05, 0) is 276 Å². The Morgan fingerprint density at radius 1 is 0.212 bits per heavy atom. The van der Waals surface area contributed by atoms with Gasteiger partial charge in [-0.3, -0.25) is 0 Å². The molecule has 0 aliphatic carbocycles. The molecule has 104 heavy (non-hydrogen) atoms. The molecule has 16 aromatic rings. The van der Waals surface area contributed by atoms with Gasteiger partial charge in [-0.25, -0.2) is 0 Å². The van der Waals surface area contributed by atoms with E-state index < -0.39 is 7.12 Å². The Hall–Kier alpha value is -11.8. The molecule has 506 valence electrons. The fourth-order valence-corrected chi connectivity index (χ4v) is 15.2. The van der Waals surface area contributed by atoms with Gasteiger partial charge in [-0.2, -0.15) is 0 Å². The van der Waals surface area contributed by atoms with Crippen LogP contribution in [-0.4, -0.2) is 17.2 Å². The molecule has 0 atom stereocenters. The summed E-state index contributed by atoms with van der Waals surface area (Å²) in [6.45, 7) is 17.0. The van der Waals surface area contributed by atoms with E-state index in [2.05, 4.69) is 382 Å². The first-order valence-electron chi connectivity index (χ1n) is 35.5. The lowest BCUT2D eigenvalue weighted by Crippen LogP contribution is -2.31. The summed E-state index contributed by atoms with van der Waals surface area (Å²) in [5.74, 6) is 0. The van der Waals surface area contributed by atoms with Crippen LogP contribution in [0.5, 0.6) is 0 Å². The van der Waals surface area contributed by atoms with Crippen molar-refractivity contribution in [2.45, 2.75) is 55.4 Å². The molecule has 0 amide bonds. The number of hydrogen-bond acceptors (Lipinski definition) is 6. The Bertz CT molecular complexity index is 5270. The molecule has 8 heteroatoms. The zero-order valence-corrected chi connectivity index (χ0v) is 61.4. The van der Waals surface area contributed by atoms with Crippen LogP contribution in [0.2, 0.25) is 0 Å². The van der Waals surface area contributed by atoms with Gasteiger partial charge in [0.25, 0.3) is 0 Å². The predicted molar refractivity (Wildman–Crippen MR) is 448 cm³/mol. The third-order valence-electron chi connectivity index (χ3n) is 19.8. The first-order valence-corrected chi connectivity index (χ1v) is 36.3. The standard InChI is InChI=1S/C48H41BN2O2.C48H39BrN2/c1-32-13-21-37(22-14-32)50(38-23-15-33(2)16-24-38)41-29-36(47-43-9-5-7-11-45(43)48(49(52)53)46-12-8-6-10-44(46)47)30-42(31-41)51(39-25-17-34(3)18-26-39)40-27-19-35(4)20-28-40;1-32-13-21-37(22-14-32)50(38-23-15-33(2)16-24-38)41-29-36(47-43-9-5-7-11-45(43)48(49)46-12-8-6-10-44(46)47)30-42(31-41)51(39-25-17-34(3)18-26-39)40-27-19-35(4)20-28-40/h5-31,52-53H,1-4H3;5-31H,1-4H3. The van der Waals surface area contributed by atoms with Gasteiger partial charge in [0.2, 0.25) is 0 Å². The lowest BCUT2D eigenvalue weighted by Gasteiger charge is -2.31. The first kappa shape index (κ1) is 68.0. The van der Waals surface area contributed by atoms with E-state index in [4.69, 9.17) is 0 Å². The van der Waals surface area contributed by atoms with E-state index in [9.17, 15) is 10.0 Å². The van der Waals surface area contributed by atoms with Crippen LogP contribution in [0.1, 0.15) is 44.5 Å². The number of fused-ring (bicyclic) bond motifs is 4. The molecular formula is C96H80BBrN4O2. The molecule has 0 radical (unpaired) electrons. The third kappa shape index (κ3) is 13.8. The number of benzene rings is 16. The molecule has 0 bridgehead atoms. The summed E-state index contributed by atoms with van der Waals surface area (Å²) in [5, 5.41) is 29.8. The molecule has 0 fully saturated rings. The van der Waals surface area contributed by atoms with Crippen LogP contribution in [0.15, 0.2) is 332 Å². The van der Waals surface area contributed by atoms with E-state index in [-0.39, 0.29) is 0 Å². The number of rotatable bonds is 15. The maximum Gasteiger partial charge on any atom is 0.489 e. The molecule has 0 heterocycles. The van der Waals surface area contributed by atoms with Crippen molar-refractivity contribution in [3.8, 4) is 22.3 Å². The SMILES string of the molecule is Cc1ccc(N(c2ccc(C)cc2)c2cc(-c3c4ccccc4c(B(O)O)c4ccccc34)cc(N(c3ccc(C)cc3)c3ccc(C)cc3)c2)cc1.Cc1ccc(N(c2ccc(C)cc2)c2cc(-c3c4ccccc4c(Br)c4ccccc34)cc(N(c3ccc(C)cc3)c3ccc(C)cc3)c2)cc1. The Balaban J connectivity index is 0.000000167. The zero-order valence-electron chi connectivity index (χ0n) is 59.8. The molecule has 0 saturated carbocycles. The molecule has 0 spiro atoms. The second kappa shape index (κ2) is 29.3. The first-order chi connectivity index (χ1) is 50.6. The van der Waals surface area contributed by atoms with E-state index in [0.29, 0.717) is 5.46 Å². The van der Waals surface area contributed by atoms with Crippen molar-refractivity contribution in [2.75, 3.05) is 19.6 Å². The lowest BCUT2D eigenvalue weighted by atomic mass is 9.72. The van der Waals surface area contributed by atoms with Crippen molar-refractivity contribution in [1.29, 1.82) is 0 Å². The van der Waals surface area contributed by atoms with Gasteiger partial charge in [0.1, 0.15) is 0 Å². The fourth-order valence-electron chi connectivity index (χ4n) is 14.5. The van der Waals surface area contributed by atoms with Crippen molar-refractivity contribution >= 4 is 140 Å². The van der Waals surface area contributed by atoms with Crippen molar-refractivity contribution < 1.29 is 10.0 Å². The molecule has 0 aliphatic rings. The van der Waals surface area contributed by atoms with Crippen molar-refractivity contribution in [3.05, 3.63) is 377 Å². The van der Waals surface area contributed by atoms with E-state index in [1.165, 1.54) is 71.6 Å². The van der Waals surface area contributed by atoms with Crippen LogP contribution in [0.25, 0.3) is 65.3 Å². The highest BCUT2D eigenvalue weighted by Gasteiger charge is 2.27. The lowest BCUT2D eigenvalue weighted by molar-refractivity contribution is 0.426. The predicted octanol–water partition coefficient (Wildman–Crippen LogP) is 26.1. The van der Waals surface area contributed by atoms with E-state index in [0.717, 1.165) is 111 Å².